The molecule has 0 heterocycles. The third-order valence-corrected chi connectivity index (χ3v) is 5.03. The zero-order chi connectivity index (χ0) is 15.6. The molecule has 0 N–H and O–H groups in total. The van der Waals surface area contributed by atoms with E-state index in [1.54, 1.807) is 6.92 Å². The summed E-state index contributed by atoms with van der Waals surface area (Å²) in [7, 11) is -3.35. The molecule has 2 aromatic rings. The molecule has 4 nitrogen and oxygen atoms in total. The lowest BCUT2D eigenvalue weighted by molar-refractivity contribution is 0.329. The van der Waals surface area contributed by atoms with Gasteiger partial charge in [-0.15, -0.1) is 0 Å². The summed E-state index contributed by atoms with van der Waals surface area (Å²) < 4.78 is 28.9. The highest BCUT2D eigenvalue weighted by Gasteiger charge is 2.15. The predicted molar refractivity (Wildman–Crippen MR) is 80.8 cm³/mol. The fourth-order valence-electron chi connectivity index (χ4n) is 1.60. The van der Waals surface area contributed by atoms with Gasteiger partial charge in [-0.3, -0.25) is 5.11 Å². The van der Waals surface area contributed by atoms with Crippen LogP contribution in [0.15, 0.2) is 41.3 Å². The first-order chi connectivity index (χ1) is 9.83. The molecule has 0 fully saturated rings. The third-order valence-electron chi connectivity index (χ3n) is 2.77. The summed E-state index contributed by atoms with van der Waals surface area (Å²) >= 11 is 11.8. The van der Waals surface area contributed by atoms with Crippen molar-refractivity contribution in [3.05, 3.63) is 46.4 Å². The first-order valence-electron chi connectivity index (χ1n) is 6.00. The van der Waals surface area contributed by atoms with Crippen LogP contribution in [0.1, 0.15) is 6.92 Å². The number of benzene rings is 2. The van der Waals surface area contributed by atoms with E-state index in [1.165, 1.54) is 36.4 Å². The molecule has 0 saturated heterocycles. The highest BCUT2D eigenvalue weighted by Crippen LogP contribution is 2.37. The standard InChI is InChI=1S/C14H11Cl2O4S/c1-2-21(18,19)10-4-6-13(11(16)8-10)20-14-7-9(15)3-5-12(14)17/h3-8H,2H2,1H3. The normalized spacial score (nSPS) is 11.4. The van der Waals surface area contributed by atoms with Gasteiger partial charge in [-0.1, -0.05) is 30.1 Å². The van der Waals surface area contributed by atoms with E-state index in [4.69, 9.17) is 27.9 Å². The Labute approximate surface area is 132 Å². The van der Waals surface area contributed by atoms with Gasteiger partial charge in [0.05, 0.1) is 15.7 Å². The molecule has 0 aliphatic rings. The lowest BCUT2D eigenvalue weighted by Gasteiger charge is -2.10. The molecule has 0 amide bonds. The highest BCUT2D eigenvalue weighted by atomic mass is 35.5. The summed E-state index contributed by atoms with van der Waals surface area (Å²) in [4.78, 5) is 0.107. The first kappa shape index (κ1) is 15.9. The Hall–Kier alpha value is -1.43. The molecule has 21 heavy (non-hydrogen) atoms. The minimum absolute atomic E-state index is 0.0236. The molecule has 2 rings (SSSR count). The van der Waals surface area contributed by atoms with Crippen molar-refractivity contribution in [1.29, 1.82) is 0 Å². The van der Waals surface area contributed by atoms with Crippen LogP contribution >= 0.6 is 23.2 Å². The second kappa shape index (κ2) is 6.13. The fourth-order valence-corrected chi connectivity index (χ4v) is 2.96. The van der Waals surface area contributed by atoms with Crippen molar-refractivity contribution in [3.63, 3.8) is 0 Å². The Morgan fingerprint density at radius 2 is 1.76 bits per heavy atom. The van der Waals surface area contributed by atoms with E-state index >= 15 is 0 Å². The maximum Gasteiger partial charge on any atom is 0.221 e. The number of sulfone groups is 1. The zero-order valence-electron chi connectivity index (χ0n) is 11.0. The van der Waals surface area contributed by atoms with E-state index in [0.717, 1.165) is 0 Å². The van der Waals surface area contributed by atoms with Crippen LogP contribution in [-0.2, 0) is 14.9 Å². The summed E-state index contributed by atoms with van der Waals surface area (Å²) in [6.45, 7) is 1.54. The van der Waals surface area contributed by atoms with Crippen LogP contribution < -0.4 is 4.74 Å². The van der Waals surface area contributed by atoms with E-state index in [-0.39, 0.29) is 32.9 Å². The number of rotatable bonds is 4. The van der Waals surface area contributed by atoms with E-state index in [0.29, 0.717) is 5.02 Å². The van der Waals surface area contributed by atoms with Gasteiger partial charge in [-0.2, -0.15) is 0 Å². The molecule has 0 atom stereocenters. The molecule has 0 aliphatic carbocycles. The van der Waals surface area contributed by atoms with Crippen molar-refractivity contribution in [2.45, 2.75) is 11.8 Å². The quantitative estimate of drug-likeness (QED) is 0.804. The van der Waals surface area contributed by atoms with Crippen LogP contribution in [0.5, 0.6) is 17.2 Å². The molecule has 7 heteroatoms. The topological polar surface area (TPSA) is 63.3 Å². The van der Waals surface area contributed by atoms with E-state index in [2.05, 4.69) is 0 Å². The Balaban J connectivity index is 2.36. The van der Waals surface area contributed by atoms with Gasteiger partial charge in [-0.05, 0) is 30.3 Å². The van der Waals surface area contributed by atoms with Crippen LogP contribution in [0, 0.1) is 0 Å². The minimum Gasteiger partial charge on any atom is -0.452 e. The van der Waals surface area contributed by atoms with Crippen molar-refractivity contribution in [2.75, 3.05) is 5.75 Å². The van der Waals surface area contributed by atoms with Gasteiger partial charge in [0.1, 0.15) is 5.75 Å². The second-order valence-corrected chi connectivity index (χ2v) is 7.31. The molecular formula is C14H11Cl2O4S. The molecule has 0 unspecified atom stereocenters. The molecule has 0 saturated carbocycles. The Bertz CT molecular complexity index is 773. The van der Waals surface area contributed by atoms with Crippen molar-refractivity contribution >= 4 is 33.0 Å². The largest absolute Gasteiger partial charge is 0.452 e. The van der Waals surface area contributed by atoms with Gasteiger partial charge < -0.3 is 4.74 Å². The number of halogens is 2. The average molecular weight is 346 g/mol. The van der Waals surface area contributed by atoms with E-state index in [9.17, 15) is 13.5 Å². The number of hydrogen-bond acceptors (Lipinski definition) is 3. The van der Waals surface area contributed by atoms with Gasteiger partial charge in [0.25, 0.3) is 0 Å². The second-order valence-electron chi connectivity index (χ2n) is 4.19. The summed E-state index contributed by atoms with van der Waals surface area (Å²) in [5, 5.41) is 12.1. The molecular weight excluding hydrogens is 335 g/mol. The molecule has 0 spiro atoms. The van der Waals surface area contributed by atoms with Gasteiger partial charge >= 0.3 is 0 Å². The number of hydrogen-bond donors (Lipinski definition) is 0. The van der Waals surface area contributed by atoms with Crippen LogP contribution in [0.3, 0.4) is 0 Å². The van der Waals surface area contributed by atoms with Crippen LogP contribution in [-0.4, -0.2) is 14.2 Å². The smallest absolute Gasteiger partial charge is 0.221 e. The molecule has 0 bridgehead atoms. The summed E-state index contributed by atoms with van der Waals surface area (Å²) in [5.74, 6) is -0.162. The van der Waals surface area contributed by atoms with E-state index in [1.807, 2.05) is 0 Å². The molecule has 0 aromatic heterocycles. The maximum atomic E-state index is 11.8. The van der Waals surface area contributed by atoms with Crippen LogP contribution in [0.4, 0.5) is 0 Å². The zero-order valence-corrected chi connectivity index (χ0v) is 13.3. The first-order valence-corrected chi connectivity index (χ1v) is 8.41. The lowest BCUT2D eigenvalue weighted by Crippen LogP contribution is -2.03. The highest BCUT2D eigenvalue weighted by molar-refractivity contribution is 7.91. The van der Waals surface area contributed by atoms with Gasteiger partial charge in [-0.25, -0.2) is 8.42 Å². The van der Waals surface area contributed by atoms with Gasteiger partial charge in [0.2, 0.25) is 5.75 Å². The van der Waals surface area contributed by atoms with Gasteiger partial charge in [0.15, 0.2) is 15.6 Å². The van der Waals surface area contributed by atoms with Gasteiger partial charge in [0, 0.05) is 11.1 Å². The fraction of sp³-hybridized carbons (Fsp3) is 0.143. The van der Waals surface area contributed by atoms with E-state index < -0.39 is 9.84 Å². The molecule has 1 radical (unpaired) electrons. The third kappa shape index (κ3) is 3.61. The summed E-state index contributed by atoms with van der Waals surface area (Å²) in [6.07, 6.45) is 0. The van der Waals surface area contributed by atoms with Crippen molar-refractivity contribution < 1.29 is 18.3 Å². The minimum atomic E-state index is -3.35. The van der Waals surface area contributed by atoms with Crippen LogP contribution in [0.2, 0.25) is 10.0 Å². The Morgan fingerprint density at radius 3 is 2.38 bits per heavy atom. The Kier molecular flexibility index (Phi) is 4.66. The molecule has 2 aromatic carbocycles. The SMILES string of the molecule is CCS(=O)(=O)c1ccc(Oc2cc(Cl)ccc2[O])c(Cl)c1. The van der Waals surface area contributed by atoms with Crippen molar-refractivity contribution in [2.24, 2.45) is 0 Å². The molecule has 111 valence electrons. The molecule has 0 aliphatic heterocycles. The summed E-state index contributed by atoms with van der Waals surface area (Å²) in [6, 6.07) is 8.19. The Morgan fingerprint density at radius 1 is 1.05 bits per heavy atom. The average Bonchev–Trinajstić information content (AvgIpc) is 2.44. The lowest BCUT2D eigenvalue weighted by atomic mass is 10.3. The summed E-state index contributed by atoms with van der Waals surface area (Å²) in [5.41, 5.74) is 0. The number of ether oxygens (including phenoxy) is 1. The maximum absolute atomic E-state index is 11.8. The van der Waals surface area contributed by atoms with Crippen molar-refractivity contribution in [1.82, 2.24) is 0 Å². The monoisotopic (exact) mass is 345 g/mol. The van der Waals surface area contributed by atoms with Crippen LogP contribution in [0.25, 0.3) is 0 Å². The predicted octanol–water partition coefficient (Wildman–Crippen LogP) is 4.72. The van der Waals surface area contributed by atoms with Crippen molar-refractivity contribution in [3.8, 4) is 17.2 Å².